The van der Waals surface area contributed by atoms with E-state index in [1.807, 2.05) is 56.5 Å². The van der Waals surface area contributed by atoms with E-state index in [0.717, 1.165) is 33.5 Å². The van der Waals surface area contributed by atoms with Crippen molar-refractivity contribution in [2.24, 2.45) is 0 Å². The minimum Gasteiger partial charge on any atom is -0.481 e. The molecule has 7 heteroatoms. The molecular weight excluding hydrogens is 356 g/mol. The lowest BCUT2D eigenvalue weighted by Gasteiger charge is -2.25. The predicted molar refractivity (Wildman–Crippen MR) is 107 cm³/mol. The molecule has 0 saturated carbocycles. The quantitative estimate of drug-likeness (QED) is 0.654. The molecule has 0 spiro atoms. The summed E-state index contributed by atoms with van der Waals surface area (Å²) in [5.74, 6) is -0.959. The fourth-order valence-corrected chi connectivity index (χ4v) is 3.50. The average Bonchev–Trinajstić information content (AvgIpc) is 2.98. The van der Waals surface area contributed by atoms with Crippen molar-refractivity contribution in [1.29, 1.82) is 0 Å². The van der Waals surface area contributed by atoms with Gasteiger partial charge in [0.2, 0.25) is 5.91 Å². The molecule has 0 atom stereocenters. The van der Waals surface area contributed by atoms with Crippen LogP contribution in [0.15, 0.2) is 24.3 Å². The minimum atomic E-state index is -0.862. The Morgan fingerprint density at radius 3 is 2.61 bits per heavy atom. The molecule has 0 aliphatic carbocycles. The summed E-state index contributed by atoms with van der Waals surface area (Å²) in [6.07, 6.45) is 1.28. The van der Waals surface area contributed by atoms with Crippen LogP contribution in [0, 0.1) is 13.8 Å². The Labute approximate surface area is 163 Å². The number of benzene rings is 1. The van der Waals surface area contributed by atoms with Gasteiger partial charge in [-0.05, 0) is 58.2 Å². The Morgan fingerprint density at radius 2 is 1.89 bits per heavy atom. The minimum absolute atomic E-state index is 0.0267. The van der Waals surface area contributed by atoms with Gasteiger partial charge in [0.05, 0.1) is 5.52 Å². The van der Waals surface area contributed by atoms with E-state index >= 15 is 0 Å². The highest BCUT2D eigenvalue weighted by atomic mass is 16.4. The number of hydrogen-bond donors (Lipinski definition) is 2. The van der Waals surface area contributed by atoms with Gasteiger partial charge in [0.1, 0.15) is 0 Å². The molecule has 2 N–H and O–H groups in total. The Morgan fingerprint density at radius 1 is 1.18 bits per heavy atom. The highest BCUT2D eigenvalue weighted by Gasteiger charge is 2.22. The van der Waals surface area contributed by atoms with Crippen LogP contribution >= 0.6 is 0 Å². The lowest BCUT2D eigenvalue weighted by atomic mass is 9.97. The Balaban J connectivity index is 1.76. The fourth-order valence-electron chi connectivity index (χ4n) is 3.50. The number of aliphatic carboxylic acids is 1. The van der Waals surface area contributed by atoms with Crippen molar-refractivity contribution in [1.82, 2.24) is 19.9 Å². The van der Waals surface area contributed by atoms with E-state index in [-0.39, 0.29) is 12.3 Å². The number of aromatic nitrogens is 3. The van der Waals surface area contributed by atoms with Crippen LogP contribution in [0.25, 0.3) is 16.6 Å². The van der Waals surface area contributed by atoms with Crippen molar-refractivity contribution in [2.45, 2.75) is 58.9 Å². The fraction of sp³-hybridized carbons (Fsp3) is 0.429. The second-order valence-corrected chi connectivity index (χ2v) is 7.84. The van der Waals surface area contributed by atoms with Crippen LogP contribution in [0.2, 0.25) is 0 Å². The monoisotopic (exact) mass is 382 g/mol. The Bertz CT molecular complexity index is 1050. The van der Waals surface area contributed by atoms with Crippen LogP contribution in [-0.4, -0.2) is 37.1 Å². The average molecular weight is 382 g/mol. The van der Waals surface area contributed by atoms with E-state index in [9.17, 15) is 9.59 Å². The SMILES string of the molecule is Cc1nc2c3ccccc3nn2c(C)c1CCC(=O)NC(C)(C)CCC(=O)O. The zero-order chi connectivity index (χ0) is 20.5. The maximum atomic E-state index is 12.4. The van der Waals surface area contributed by atoms with Crippen LogP contribution in [0.1, 0.15) is 50.1 Å². The first kappa shape index (κ1) is 19.8. The molecule has 0 aliphatic heterocycles. The normalized spacial score (nSPS) is 11.9. The third kappa shape index (κ3) is 4.13. The van der Waals surface area contributed by atoms with Gasteiger partial charge >= 0.3 is 5.97 Å². The lowest BCUT2D eigenvalue weighted by molar-refractivity contribution is -0.137. The van der Waals surface area contributed by atoms with Gasteiger partial charge in [0.15, 0.2) is 5.65 Å². The number of hydrogen-bond acceptors (Lipinski definition) is 4. The van der Waals surface area contributed by atoms with Crippen molar-refractivity contribution < 1.29 is 14.7 Å². The summed E-state index contributed by atoms with van der Waals surface area (Å²) in [4.78, 5) is 27.9. The van der Waals surface area contributed by atoms with Crippen LogP contribution in [0.5, 0.6) is 0 Å². The number of carbonyl (C=O) groups is 2. The van der Waals surface area contributed by atoms with Gasteiger partial charge in [-0.25, -0.2) is 9.50 Å². The smallest absolute Gasteiger partial charge is 0.303 e. The molecule has 2 heterocycles. The maximum absolute atomic E-state index is 12.4. The van der Waals surface area contributed by atoms with Gasteiger partial charge in [0.25, 0.3) is 0 Å². The van der Waals surface area contributed by atoms with Crippen LogP contribution in [0.4, 0.5) is 0 Å². The lowest BCUT2D eigenvalue weighted by Crippen LogP contribution is -2.43. The van der Waals surface area contributed by atoms with Crippen LogP contribution in [0.3, 0.4) is 0 Å². The number of carboxylic acids is 1. The molecule has 0 saturated heterocycles. The second kappa shape index (κ2) is 7.58. The number of rotatable bonds is 7. The predicted octanol–water partition coefficient (Wildman–Crippen LogP) is 3.19. The summed E-state index contributed by atoms with van der Waals surface area (Å²) in [6, 6.07) is 7.90. The molecule has 1 amide bonds. The van der Waals surface area contributed by atoms with Crippen molar-refractivity contribution in [3.8, 4) is 0 Å². The molecule has 0 aliphatic rings. The third-order valence-electron chi connectivity index (χ3n) is 5.06. The Hall–Kier alpha value is -2.96. The molecule has 2 aromatic heterocycles. The summed E-state index contributed by atoms with van der Waals surface area (Å²) < 4.78 is 1.85. The summed E-state index contributed by atoms with van der Waals surface area (Å²) in [5.41, 5.74) is 4.06. The largest absolute Gasteiger partial charge is 0.481 e. The van der Waals surface area contributed by atoms with E-state index in [4.69, 9.17) is 10.1 Å². The number of amides is 1. The van der Waals surface area contributed by atoms with Crippen molar-refractivity contribution >= 4 is 28.4 Å². The Kier molecular flexibility index (Phi) is 5.36. The first-order valence-electron chi connectivity index (χ1n) is 9.44. The molecule has 0 fully saturated rings. The molecule has 7 nitrogen and oxygen atoms in total. The summed E-state index contributed by atoms with van der Waals surface area (Å²) in [7, 11) is 0. The van der Waals surface area contributed by atoms with E-state index < -0.39 is 11.5 Å². The molecule has 0 radical (unpaired) electrons. The van der Waals surface area contributed by atoms with Gasteiger partial charge in [-0.15, -0.1) is 0 Å². The first-order chi connectivity index (χ1) is 13.2. The molecule has 3 aromatic rings. The van der Waals surface area contributed by atoms with Gasteiger partial charge in [-0.1, -0.05) is 12.1 Å². The summed E-state index contributed by atoms with van der Waals surface area (Å²) in [6.45, 7) is 7.64. The van der Waals surface area contributed by atoms with Gasteiger partial charge in [-0.3, -0.25) is 9.59 Å². The number of fused-ring (bicyclic) bond motifs is 3. The van der Waals surface area contributed by atoms with Gasteiger partial charge in [-0.2, -0.15) is 5.10 Å². The van der Waals surface area contributed by atoms with E-state index in [0.29, 0.717) is 19.3 Å². The number of carbonyl (C=O) groups excluding carboxylic acids is 1. The van der Waals surface area contributed by atoms with Crippen molar-refractivity contribution in [2.75, 3.05) is 0 Å². The number of nitrogens with one attached hydrogen (secondary N) is 1. The standard InChI is InChI=1S/C21H26N4O3/c1-13-15(9-10-18(26)23-21(3,4)12-11-19(27)28)14(2)25-20(22-13)16-7-5-6-8-17(16)24-25/h5-8H,9-12H2,1-4H3,(H,23,26)(H,27,28). The van der Waals surface area contributed by atoms with E-state index in [2.05, 4.69) is 10.4 Å². The zero-order valence-corrected chi connectivity index (χ0v) is 16.7. The first-order valence-corrected chi connectivity index (χ1v) is 9.44. The van der Waals surface area contributed by atoms with Crippen LogP contribution < -0.4 is 5.32 Å². The van der Waals surface area contributed by atoms with Gasteiger partial charge in [0, 0.05) is 35.2 Å². The second-order valence-electron chi connectivity index (χ2n) is 7.84. The molecule has 28 heavy (non-hydrogen) atoms. The molecule has 1 aromatic carbocycles. The highest BCUT2D eigenvalue weighted by molar-refractivity contribution is 5.92. The van der Waals surface area contributed by atoms with Crippen LogP contribution in [-0.2, 0) is 16.0 Å². The van der Waals surface area contributed by atoms with Crippen molar-refractivity contribution in [3.05, 3.63) is 41.2 Å². The summed E-state index contributed by atoms with van der Waals surface area (Å²) in [5, 5.41) is 17.4. The maximum Gasteiger partial charge on any atom is 0.303 e. The number of aryl methyl sites for hydroxylation is 2. The number of nitrogens with zero attached hydrogens (tertiary/aromatic N) is 3. The molecule has 0 bridgehead atoms. The highest BCUT2D eigenvalue weighted by Crippen LogP contribution is 2.23. The third-order valence-corrected chi connectivity index (χ3v) is 5.06. The summed E-state index contributed by atoms with van der Waals surface area (Å²) >= 11 is 0. The molecule has 148 valence electrons. The molecular formula is C21H26N4O3. The zero-order valence-electron chi connectivity index (χ0n) is 16.7. The topological polar surface area (TPSA) is 96.6 Å². The molecule has 0 unspecified atom stereocenters. The van der Waals surface area contributed by atoms with Crippen molar-refractivity contribution in [3.63, 3.8) is 0 Å². The van der Waals surface area contributed by atoms with E-state index in [1.54, 1.807) is 0 Å². The molecule has 3 rings (SSSR count). The number of carboxylic acid groups (broad SMARTS) is 1. The van der Waals surface area contributed by atoms with E-state index in [1.165, 1.54) is 0 Å². The van der Waals surface area contributed by atoms with Gasteiger partial charge < -0.3 is 10.4 Å².